The first-order valence-electron chi connectivity index (χ1n) is 7.35. The van der Waals surface area contributed by atoms with Crippen LogP contribution in [0, 0.1) is 0 Å². The molecule has 0 amide bonds. The van der Waals surface area contributed by atoms with Crippen LogP contribution in [0.1, 0.15) is 44.1 Å². The Kier molecular flexibility index (Phi) is 0.791. The Morgan fingerprint density at radius 2 is 2.70 bits per heavy atom. The van der Waals surface area contributed by atoms with Gasteiger partial charge < -0.3 is 4.42 Å². The Labute approximate surface area is 74.7 Å². The van der Waals surface area contributed by atoms with Gasteiger partial charge in [-0.3, -0.25) is 0 Å². The van der Waals surface area contributed by atoms with E-state index in [4.69, 9.17) is 16.8 Å². The summed E-state index contributed by atoms with van der Waals surface area (Å²) in [5.74, 6) is 0.121. The standard InChI is InChI=1S/C9H14O/c1-2-3-4-6-9-7-5-8-10-9/h5,7-8H,2-4,6H2,1H3/i1D3,2D2,3D2,4D2. The van der Waals surface area contributed by atoms with Crippen molar-refractivity contribution < 1.29 is 16.8 Å². The van der Waals surface area contributed by atoms with Gasteiger partial charge in [-0.25, -0.2) is 0 Å². The molecule has 1 aromatic rings. The summed E-state index contributed by atoms with van der Waals surface area (Å²) in [5.41, 5.74) is 0. The molecular weight excluding hydrogens is 124 g/mol. The Bertz CT molecular complexity index is 417. The minimum absolute atomic E-state index is 0.121. The van der Waals surface area contributed by atoms with Gasteiger partial charge in [-0.05, 0) is 18.5 Å². The monoisotopic (exact) mass is 147 g/mol. The molecule has 1 heterocycles. The molecule has 0 N–H and O–H groups in total. The smallest absolute Gasteiger partial charge is 0.103 e. The van der Waals surface area contributed by atoms with E-state index < -0.39 is 32.4 Å². The van der Waals surface area contributed by atoms with Crippen LogP contribution in [-0.4, -0.2) is 0 Å². The van der Waals surface area contributed by atoms with Gasteiger partial charge in [0.2, 0.25) is 0 Å². The first-order chi connectivity index (χ1) is 8.33. The SMILES string of the molecule is [2H]C([2H])([2H])C([2H])([2H])C([2H])([2H])C([2H])([2H])Cc1ccco1. The number of hydrogen-bond donors (Lipinski definition) is 0. The van der Waals surface area contributed by atoms with Crippen molar-refractivity contribution in [2.24, 2.45) is 0 Å². The van der Waals surface area contributed by atoms with Crippen molar-refractivity contribution in [3.8, 4) is 0 Å². The highest BCUT2D eigenvalue weighted by molar-refractivity contribution is 4.97. The minimum atomic E-state index is -3.32. The lowest BCUT2D eigenvalue weighted by molar-refractivity contribution is 0.497. The van der Waals surface area contributed by atoms with Gasteiger partial charge in [0.15, 0.2) is 0 Å². The lowest BCUT2D eigenvalue weighted by Crippen LogP contribution is -1.80. The van der Waals surface area contributed by atoms with Crippen molar-refractivity contribution in [3.05, 3.63) is 24.2 Å². The van der Waals surface area contributed by atoms with Crippen molar-refractivity contribution in [1.29, 1.82) is 0 Å². The van der Waals surface area contributed by atoms with Gasteiger partial charge in [-0.1, -0.05) is 19.6 Å². The molecule has 1 nitrogen and oxygen atoms in total. The largest absolute Gasteiger partial charge is 0.469 e. The van der Waals surface area contributed by atoms with Crippen LogP contribution in [0.25, 0.3) is 0 Å². The van der Waals surface area contributed by atoms with E-state index in [1.807, 2.05) is 0 Å². The first-order valence-corrected chi connectivity index (χ1v) is 2.85. The van der Waals surface area contributed by atoms with Crippen LogP contribution in [0.4, 0.5) is 0 Å². The normalized spacial score (nSPS) is 29.0. The maximum Gasteiger partial charge on any atom is 0.103 e. The van der Waals surface area contributed by atoms with Crippen molar-refractivity contribution >= 4 is 0 Å². The Morgan fingerprint density at radius 3 is 3.40 bits per heavy atom. The molecule has 10 heavy (non-hydrogen) atoms. The summed E-state index contributed by atoms with van der Waals surface area (Å²) >= 11 is 0. The van der Waals surface area contributed by atoms with Crippen LogP contribution < -0.4 is 0 Å². The molecule has 0 fully saturated rings. The highest BCUT2D eigenvalue weighted by Gasteiger charge is 1.92. The fraction of sp³-hybridized carbons (Fsp3) is 0.556. The molecule has 1 heteroatoms. The molecule has 0 atom stereocenters. The maximum atomic E-state index is 7.68. The Hall–Kier alpha value is -0.720. The molecule has 0 spiro atoms. The van der Waals surface area contributed by atoms with E-state index in [1.165, 1.54) is 18.4 Å². The van der Waals surface area contributed by atoms with Gasteiger partial charge in [0, 0.05) is 18.8 Å². The second-order valence-electron chi connectivity index (χ2n) is 1.68. The molecule has 1 rings (SSSR count). The summed E-state index contributed by atoms with van der Waals surface area (Å²) in [4.78, 5) is 0. The third-order valence-electron chi connectivity index (χ3n) is 0.994. The second kappa shape index (κ2) is 4.15. The van der Waals surface area contributed by atoms with Gasteiger partial charge in [0.25, 0.3) is 0 Å². The third-order valence-corrected chi connectivity index (χ3v) is 0.994. The van der Waals surface area contributed by atoms with E-state index in [1.54, 1.807) is 0 Å². The molecule has 0 aromatic carbocycles. The topological polar surface area (TPSA) is 13.1 Å². The fourth-order valence-electron chi connectivity index (χ4n) is 0.589. The van der Waals surface area contributed by atoms with Crippen LogP contribution in [0.3, 0.4) is 0 Å². The first kappa shape index (κ1) is 1.90. The fourth-order valence-corrected chi connectivity index (χ4v) is 0.589. The molecule has 0 unspecified atom stereocenters. The van der Waals surface area contributed by atoms with Crippen molar-refractivity contribution in [3.63, 3.8) is 0 Å². The Morgan fingerprint density at radius 1 is 1.70 bits per heavy atom. The number of aryl methyl sites for hydroxylation is 1. The molecule has 1 aromatic heterocycles. The van der Waals surface area contributed by atoms with Gasteiger partial charge in [0.05, 0.1) is 6.26 Å². The van der Waals surface area contributed by atoms with Crippen molar-refractivity contribution in [2.75, 3.05) is 0 Å². The average molecular weight is 147 g/mol. The molecule has 0 saturated carbocycles. The lowest BCUT2D eigenvalue weighted by atomic mass is 10.2. The second-order valence-corrected chi connectivity index (χ2v) is 1.68. The zero-order chi connectivity index (χ0) is 15.1. The Balaban J connectivity index is 3.10. The molecular formula is C9H14O. The average Bonchev–Trinajstić information content (AvgIpc) is 2.67. The van der Waals surface area contributed by atoms with Crippen LogP contribution in [0.5, 0.6) is 0 Å². The molecule has 0 bridgehead atoms. The van der Waals surface area contributed by atoms with Crippen molar-refractivity contribution in [1.82, 2.24) is 0 Å². The lowest BCUT2D eigenvalue weighted by Gasteiger charge is -1.93. The van der Waals surface area contributed by atoms with Crippen LogP contribution in [-0.2, 0) is 6.42 Å². The molecule has 0 radical (unpaired) electrons. The predicted molar refractivity (Wildman–Crippen MR) is 41.9 cm³/mol. The molecule has 0 aliphatic rings. The highest BCUT2D eigenvalue weighted by atomic mass is 16.3. The van der Waals surface area contributed by atoms with E-state index >= 15 is 0 Å². The molecule has 0 aliphatic heterocycles. The van der Waals surface area contributed by atoms with Gasteiger partial charge in [-0.2, -0.15) is 0 Å². The third kappa shape index (κ3) is 2.26. The summed E-state index contributed by atoms with van der Waals surface area (Å²) in [6, 6.07) is 2.90. The summed E-state index contributed by atoms with van der Waals surface area (Å²) in [6.07, 6.45) is -8.54. The van der Waals surface area contributed by atoms with E-state index in [2.05, 4.69) is 0 Å². The number of rotatable bonds is 4. The number of furan rings is 1. The van der Waals surface area contributed by atoms with E-state index in [9.17, 15) is 0 Å². The highest BCUT2D eigenvalue weighted by Crippen LogP contribution is 2.06. The molecule has 56 valence electrons. The quantitative estimate of drug-likeness (QED) is 0.638. The summed E-state index contributed by atoms with van der Waals surface area (Å²) in [6.45, 7) is -3.27. The van der Waals surface area contributed by atoms with Crippen LogP contribution in [0.2, 0.25) is 0 Å². The van der Waals surface area contributed by atoms with Crippen molar-refractivity contribution in [2.45, 2.75) is 32.4 Å². The number of hydrogen-bond acceptors (Lipinski definition) is 1. The summed E-state index contributed by atoms with van der Waals surface area (Å²) in [5, 5.41) is 0. The zero-order valence-electron chi connectivity index (χ0n) is 14.3. The van der Waals surface area contributed by atoms with Gasteiger partial charge in [0.1, 0.15) is 5.76 Å². The summed E-state index contributed by atoms with van der Waals surface area (Å²) in [7, 11) is 0. The summed E-state index contributed by atoms with van der Waals surface area (Å²) < 4.78 is 71.5. The zero-order valence-corrected chi connectivity index (χ0v) is 5.35. The van der Waals surface area contributed by atoms with Gasteiger partial charge in [-0.15, -0.1) is 0 Å². The van der Waals surface area contributed by atoms with E-state index in [-0.39, 0.29) is 5.76 Å². The van der Waals surface area contributed by atoms with Gasteiger partial charge >= 0.3 is 0 Å². The molecule has 0 aliphatic carbocycles. The van der Waals surface area contributed by atoms with Crippen LogP contribution in [0.15, 0.2) is 22.8 Å². The van der Waals surface area contributed by atoms with E-state index in [0.29, 0.717) is 0 Å². The molecule has 0 saturated heterocycles. The van der Waals surface area contributed by atoms with E-state index in [0.717, 1.165) is 0 Å². The predicted octanol–water partition coefficient (Wildman–Crippen LogP) is 3.01. The maximum absolute atomic E-state index is 7.68. The van der Waals surface area contributed by atoms with Crippen LogP contribution >= 0.6 is 0 Å². The minimum Gasteiger partial charge on any atom is -0.469 e.